The Balaban J connectivity index is 1.91. The zero-order chi connectivity index (χ0) is 16.6. The number of hydrogen-bond donors (Lipinski definition) is 2. The van der Waals surface area contributed by atoms with Gasteiger partial charge >= 0.3 is 6.18 Å². The molecule has 3 N–H and O–H groups in total. The van der Waals surface area contributed by atoms with E-state index >= 15 is 0 Å². The number of amides is 1. The minimum atomic E-state index is -4.52. The summed E-state index contributed by atoms with van der Waals surface area (Å²) in [6, 6.07) is 5.98. The van der Waals surface area contributed by atoms with E-state index in [9.17, 15) is 18.0 Å². The van der Waals surface area contributed by atoms with Gasteiger partial charge in [-0.2, -0.15) is 13.2 Å². The highest BCUT2D eigenvalue weighted by Gasteiger charge is 2.34. The molecule has 0 bridgehead atoms. The van der Waals surface area contributed by atoms with Crippen LogP contribution in [0.1, 0.15) is 21.6 Å². The summed E-state index contributed by atoms with van der Waals surface area (Å²) in [6.45, 7) is 0.862. The molecule has 0 atom stereocenters. The number of carbonyl (C=O) groups is 1. The Morgan fingerprint density at radius 3 is 2.78 bits per heavy atom. The number of ether oxygens (including phenoxy) is 1. The highest BCUT2D eigenvalue weighted by atomic mass is 19.4. The third kappa shape index (κ3) is 2.89. The predicted molar refractivity (Wildman–Crippen MR) is 77.3 cm³/mol. The Morgan fingerprint density at radius 1 is 1.35 bits per heavy atom. The van der Waals surface area contributed by atoms with Crippen molar-refractivity contribution in [2.45, 2.75) is 12.7 Å². The SMILES string of the molecule is NCc1ccc2c(c1)OCCN2C(=O)c1c[nH]c(C(F)(F)F)c1. The van der Waals surface area contributed by atoms with Gasteiger partial charge in [-0.3, -0.25) is 4.79 Å². The molecule has 1 aliphatic heterocycles. The molecule has 8 heteroatoms. The van der Waals surface area contributed by atoms with Crippen LogP contribution in [-0.4, -0.2) is 24.0 Å². The molecule has 0 saturated carbocycles. The van der Waals surface area contributed by atoms with Crippen LogP contribution in [0.25, 0.3) is 0 Å². The van der Waals surface area contributed by atoms with Gasteiger partial charge in [-0.15, -0.1) is 0 Å². The molecule has 1 aromatic carbocycles. The molecule has 122 valence electrons. The quantitative estimate of drug-likeness (QED) is 0.891. The lowest BCUT2D eigenvalue weighted by Crippen LogP contribution is -2.37. The van der Waals surface area contributed by atoms with Crippen LogP contribution in [0.2, 0.25) is 0 Å². The number of halogens is 3. The van der Waals surface area contributed by atoms with Crippen molar-refractivity contribution in [3.8, 4) is 5.75 Å². The van der Waals surface area contributed by atoms with Crippen molar-refractivity contribution in [3.05, 3.63) is 47.3 Å². The van der Waals surface area contributed by atoms with Crippen molar-refractivity contribution in [1.29, 1.82) is 0 Å². The summed E-state index contributed by atoms with van der Waals surface area (Å²) in [5.74, 6) is -0.0130. The van der Waals surface area contributed by atoms with Crippen LogP contribution >= 0.6 is 0 Å². The normalized spacial score (nSPS) is 14.3. The highest BCUT2D eigenvalue weighted by Crippen LogP contribution is 2.34. The van der Waals surface area contributed by atoms with Crippen LogP contribution in [0, 0.1) is 0 Å². The molecule has 0 unspecified atom stereocenters. The van der Waals surface area contributed by atoms with E-state index in [0.717, 1.165) is 17.8 Å². The molecule has 1 aliphatic rings. The van der Waals surface area contributed by atoms with Crippen LogP contribution in [-0.2, 0) is 12.7 Å². The topological polar surface area (TPSA) is 71.3 Å². The first-order valence-corrected chi connectivity index (χ1v) is 6.93. The number of carbonyl (C=O) groups excluding carboxylic acids is 1. The molecule has 23 heavy (non-hydrogen) atoms. The predicted octanol–water partition coefficient (Wildman–Crippen LogP) is 2.53. The van der Waals surface area contributed by atoms with Crippen LogP contribution in [0.3, 0.4) is 0 Å². The van der Waals surface area contributed by atoms with Gasteiger partial charge in [0, 0.05) is 12.7 Å². The third-order valence-electron chi connectivity index (χ3n) is 3.60. The van der Waals surface area contributed by atoms with E-state index in [4.69, 9.17) is 10.5 Å². The molecule has 0 radical (unpaired) electrons. The molecule has 0 aliphatic carbocycles. The third-order valence-corrected chi connectivity index (χ3v) is 3.60. The van der Waals surface area contributed by atoms with Gasteiger partial charge in [0.25, 0.3) is 5.91 Å². The van der Waals surface area contributed by atoms with Gasteiger partial charge in [0.1, 0.15) is 18.1 Å². The Bertz CT molecular complexity index is 740. The van der Waals surface area contributed by atoms with Crippen molar-refractivity contribution in [1.82, 2.24) is 4.98 Å². The number of rotatable bonds is 2. The average Bonchev–Trinajstić information content (AvgIpc) is 3.03. The fourth-order valence-corrected chi connectivity index (χ4v) is 2.44. The second kappa shape index (κ2) is 5.62. The van der Waals surface area contributed by atoms with Gasteiger partial charge in [0.05, 0.1) is 17.8 Å². The lowest BCUT2D eigenvalue weighted by Gasteiger charge is -2.29. The summed E-state index contributed by atoms with van der Waals surface area (Å²) in [7, 11) is 0. The van der Waals surface area contributed by atoms with Crippen molar-refractivity contribution < 1.29 is 22.7 Å². The Morgan fingerprint density at radius 2 is 2.13 bits per heavy atom. The maximum Gasteiger partial charge on any atom is 0.431 e. The van der Waals surface area contributed by atoms with E-state index in [-0.39, 0.29) is 18.7 Å². The number of nitrogens with one attached hydrogen (secondary N) is 1. The summed E-state index contributed by atoms with van der Waals surface area (Å²) >= 11 is 0. The monoisotopic (exact) mass is 325 g/mol. The number of alkyl halides is 3. The molecule has 3 rings (SSSR count). The van der Waals surface area contributed by atoms with Crippen molar-refractivity contribution in [2.75, 3.05) is 18.1 Å². The first-order chi connectivity index (χ1) is 10.9. The number of nitrogens with two attached hydrogens (primary N) is 1. The molecule has 1 aromatic heterocycles. The fourth-order valence-electron chi connectivity index (χ4n) is 2.44. The van der Waals surface area contributed by atoms with E-state index in [1.807, 2.05) is 0 Å². The van der Waals surface area contributed by atoms with E-state index in [0.29, 0.717) is 18.0 Å². The first kappa shape index (κ1) is 15.4. The van der Waals surface area contributed by atoms with Crippen molar-refractivity contribution >= 4 is 11.6 Å². The number of aromatic amines is 1. The average molecular weight is 325 g/mol. The lowest BCUT2D eigenvalue weighted by molar-refractivity contribution is -0.140. The minimum absolute atomic E-state index is 0.0481. The van der Waals surface area contributed by atoms with Crippen LogP contribution < -0.4 is 15.4 Å². The van der Waals surface area contributed by atoms with Crippen molar-refractivity contribution in [2.24, 2.45) is 5.73 Å². The molecule has 5 nitrogen and oxygen atoms in total. The maximum absolute atomic E-state index is 12.6. The van der Waals surface area contributed by atoms with Gasteiger partial charge in [-0.05, 0) is 23.8 Å². The van der Waals surface area contributed by atoms with Crippen LogP contribution in [0.15, 0.2) is 30.5 Å². The van der Waals surface area contributed by atoms with Crippen molar-refractivity contribution in [3.63, 3.8) is 0 Å². The largest absolute Gasteiger partial charge is 0.490 e. The molecular formula is C15H14F3N3O2. The number of benzene rings is 1. The smallest absolute Gasteiger partial charge is 0.431 e. The summed E-state index contributed by atoms with van der Waals surface area (Å²) in [6.07, 6.45) is -3.45. The Hall–Kier alpha value is -2.48. The summed E-state index contributed by atoms with van der Waals surface area (Å²) in [5, 5.41) is 0. The number of hydrogen-bond acceptors (Lipinski definition) is 3. The molecule has 0 spiro atoms. The molecule has 2 aromatic rings. The Kier molecular flexibility index (Phi) is 3.77. The number of fused-ring (bicyclic) bond motifs is 1. The van der Waals surface area contributed by atoms with Crippen LogP contribution in [0.5, 0.6) is 5.75 Å². The summed E-state index contributed by atoms with van der Waals surface area (Å²) in [4.78, 5) is 16.0. The molecular weight excluding hydrogens is 311 g/mol. The van der Waals surface area contributed by atoms with E-state index in [2.05, 4.69) is 4.98 Å². The number of aromatic nitrogens is 1. The van der Waals surface area contributed by atoms with Crippen LogP contribution in [0.4, 0.5) is 18.9 Å². The minimum Gasteiger partial charge on any atom is -0.490 e. The van der Waals surface area contributed by atoms with E-state index < -0.39 is 17.8 Å². The lowest BCUT2D eigenvalue weighted by atomic mass is 10.1. The van der Waals surface area contributed by atoms with Gasteiger partial charge < -0.3 is 20.4 Å². The number of anilines is 1. The van der Waals surface area contributed by atoms with E-state index in [1.165, 1.54) is 4.90 Å². The van der Waals surface area contributed by atoms with E-state index in [1.54, 1.807) is 18.2 Å². The molecule has 1 amide bonds. The molecule has 0 fully saturated rings. The zero-order valence-electron chi connectivity index (χ0n) is 12.0. The summed E-state index contributed by atoms with van der Waals surface area (Å²) < 4.78 is 43.4. The van der Waals surface area contributed by atoms with Gasteiger partial charge in [-0.25, -0.2) is 0 Å². The standard InChI is InChI=1S/C15H14F3N3O2/c16-15(17,18)13-6-10(8-20-13)14(22)21-3-4-23-12-5-9(7-19)1-2-11(12)21/h1-2,5-6,8,20H,3-4,7,19H2. The number of nitrogens with zero attached hydrogens (tertiary/aromatic N) is 1. The number of H-pyrrole nitrogens is 1. The molecule has 2 heterocycles. The maximum atomic E-state index is 12.6. The van der Waals surface area contributed by atoms with Gasteiger partial charge in [0.15, 0.2) is 0 Å². The van der Waals surface area contributed by atoms with Gasteiger partial charge in [0.2, 0.25) is 0 Å². The zero-order valence-corrected chi connectivity index (χ0v) is 12.0. The Labute approximate surface area is 129 Å². The van der Waals surface area contributed by atoms with Gasteiger partial charge in [-0.1, -0.05) is 6.07 Å². The highest BCUT2D eigenvalue weighted by molar-refractivity contribution is 6.07. The molecule has 0 saturated heterocycles. The second-order valence-corrected chi connectivity index (χ2v) is 5.11. The first-order valence-electron chi connectivity index (χ1n) is 6.93. The second-order valence-electron chi connectivity index (χ2n) is 5.11. The summed E-state index contributed by atoms with van der Waals surface area (Å²) in [5.41, 5.74) is 5.93. The fraction of sp³-hybridized carbons (Fsp3) is 0.267.